The van der Waals surface area contributed by atoms with Gasteiger partial charge in [0.25, 0.3) is 17.0 Å². The number of hydrogen-bond acceptors (Lipinski definition) is 9. The predicted octanol–water partition coefficient (Wildman–Crippen LogP) is 6.76. The van der Waals surface area contributed by atoms with Crippen LogP contribution in [0.5, 0.6) is 0 Å². The maximum Gasteiger partial charge on any atom is 0.335 e. The number of rotatable bonds is 8. The number of aromatic nitrogens is 4. The van der Waals surface area contributed by atoms with Crippen molar-refractivity contribution >= 4 is 54.7 Å². The standard InChI is InChI=1S/C22H21FN4O2S.C17H9FN2O3S/c1-26(2)12-4-11-24-21(28)14-7-9-15(10-8-14)27-22(29)17-13-30-20-16(19(17)25-27)5-3-6-18(20)23;18-13-3-1-2-11-14-12(8-24-15(11)13)16(21)20(19-14)10-6-4-9(5-7-10)17(22)23/h3,5-10,13H,4,11-12H2,1-2H3,(H,24,28);1-8H,(H,22,23). The first-order chi connectivity index (χ1) is 26.0. The Hall–Kier alpha value is -6.16. The summed E-state index contributed by atoms with van der Waals surface area (Å²) in [6.45, 7) is 1.50. The molecule has 0 bridgehead atoms. The molecule has 4 heterocycles. The van der Waals surface area contributed by atoms with Crippen molar-refractivity contribution in [3.63, 3.8) is 0 Å². The van der Waals surface area contributed by atoms with Crippen LogP contribution in [0.15, 0.2) is 105 Å². The molecule has 11 nitrogen and oxygen atoms in total. The van der Waals surface area contributed by atoms with Gasteiger partial charge in [0.1, 0.15) is 23.0 Å². The Morgan fingerprint density at radius 3 is 1.63 bits per heavy atom. The summed E-state index contributed by atoms with van der Waals surface area (Å²) >= 11 is 2.34. The largest absolute Gasteiger partial charge is 0.478 e. The molecule has 54 heavy (non-hydrogen) atoms. The van der Waals surface area contributed by atoms with E-state index in [-0.39, 0.29) is 34.2 Å². The Bertz CT molecular complexity index is 2720. The molecule has 0 saturated heterocycles. The molecule has 0 aromatic heterocycles. The first-order valence-electron chi connectivity index (χ1n) is 16.6. The van der Waals surface area contributed by atoms with Gasteiger partial charge in [-0.05, 0) is 87.7 Å². The molecule has 4 aliphatic heterocycles. The molecule has 0 radical (unpaired) electrons. The minimum Gasteiger partial charge on any atom is -0.478 e. The van der Waals surface area contributed by atoms with E-state index in [0.29, 0.717) is 66.2 Å². The number of amides is 1. The van der Waals surface area contributed by atoms with Crippen molar-refractivity contribution in [3.8, 4) is 33.9 Å². The molecule has 4 aromatic carbocycles. The van der Waals surface area contributed by atoms with Crippen molar-refractivity contribution in [3.05, 3.63) is 139 Å². The van der Waals surface area contributed by atoms with Crippen LogP contribution >= 0.6 is 22.7 Å². The third-order valence-corrected chi connectivity index (χ3v) is 10.6. The van der Waals surface area contributed by atoms with Crippen LogP contribution in [-0.2, 0) is 0 Å². The van der Waals surface area contributed by atoms with E-state index in [9.17, 15) is 28.0 Å². The van der Waals surface area contributed by atoms with Gasteiger partial charge in [0.2, 0.25) is 0 Å². The van der Waals surface area contributed by atoms with Crippen LogP contribution in [-0.4, -0.2) is 68.6 Å². The SMILES string of the molecule is CN(C)CCCNC(=O)c1ccc(-n2nc3c4cccc(F)c4scc-3c2=O)cc1.O=C(O)c1ccc(-n2nc3c4cccc(F)c4scc-3c2=O)cc1. The van der Waals surface area contributed by atoms with Crippen molar-refractivity contribution in [2.45, 2.75) is 6.42 Å². The molecule has 4 aromatic rings. The molecule has 0 saturated carbocycles. The zero-order valence-corrected chi connectivity index (χ0v) is 30.4. The van der Waals surface area contributed by atoms with Crippen molar-refractivity contribution in [1.82, 2.24) is 29.8 Å². The average molecular weight is 765 g/mol. The molecule has 0 aliphatic carbocycles. The minimum atomic E-state index is -1.04. The van der Waals surface area contributed by atoms with E-state index in [1.807, 2.05) is 14.1 Å². The number of carboxylic acid groups (broad SMARTS) is 1. The van der Waals surface area contributed by atoms with Gasteiger partial charge in [0, 0.05) is 33.6 Å². The van der Waals surface area contributed by atoms with Gasteiger partial charge in [-0.2, -0.15) is 19.6 Å². The molecular weight excluding hydrogens is 735 g/mol. The number of carbonyl (C=O) groups excluding carboxylic acids is 1. The van der Waals surface area contributed by atoms with Crippen LogP contribution in [0.2, 0.25) is 0 Å². The van der Waals surface area contributed by atoms with Gasteiger partial charge in [-0.15, -0.1) is 22.7 Å². The molecule has 272 valence electrons. The number of aromatic carboxylic acids is 1. The fourth-order valence-corrected chi connectivity index (χ4v) is 7.69. The number of benzene rings is 4. The lowest BCUT2D eigenvalue weighted by Crippen LogP contribution is -2.27. The Morgan fingerprint density at radius 1 is 0.722 bits per heavy atom. The molecule has 0 fully saturated rings. The number of nitrogens with one attached hydrogen (secondary N) is 1. The van der Waals surface area contributed by atoms with Crippen LogP contribution in [0, 0.1) is 11.6 Å². The maximum absolute atomic E-state index is 14.1. The molecule has 0 spiro atoms. The fraction of sp³-hybridized carbons (Fsp3) is 0.128. The summed E-state index contributed by atoms with van der Waals surface area (Å²) in [6.07, 6.45) is 0.867. The smallest absolute Gasteiger partial charge is 0.335 e. The Morgan fingerprint density at radius 2 is 1.19 bits per heavy atom. The summed E-state index contributed by atoms with van der Waals surface area (Å²) in [5.41, 5.74) is 2.79. The highest BCUT2D eigenvalue weighted by Gasteiger charge is 2.22. The monoisotopic (exact) mass is 764 g/mol. The number of fused-ring (bicyclic) bond motifs is 6. The second-order valence-corrected chi connectivity index (χ2v) is 14.2. The average Bonchev–Trinajstić information content (AvgIpc) is 3.70. The van der Waals surface area contributed by atoms with E-state index in [0.717, 1.165) is 24.3 Å². The lowest BCUT2D eigenvalue weighted by atomic mass is 10.1. The second-order valence-electron chi connectivity index (χ2n) is 12.5. The van der Waals surface area contributed by atoms with Gasteiger partial charge < -0.3 is 15.3 Å². The lowest BCUT2D eigenvalue weighted by molar-refractivity contribution is 0.0696. The molecular formula is C39H30F2N6O5S2. The van der Waals surface area contributed by atoms with E-state index in [1.165, 1.54) is 57.1 Å². The maximum atomic E-state index is 14.1. The first-order valence-corrected chi connectivity index (χ1v) is 18.3. The van der Waals surface area contributed by atoms with Gasteiger partial charge in [-0.25, -0.2) is 13.6 Å². The topological polar surface area (TPSA) is 139 Å². The van der Waals surface area contributed by atoms with Gasteiger partial charge in [0.15, 0.2) is 0 Å². The number of carboxylic acids is 1. The van der Waals surface area contributed by atoms with Gasteiger partial charge in [-0.1, -0.05) is 24.3 Å². The van der Waals surface area contributed by atoms with Crippen LogP contribution in [0.1, 0.15) is 27.1 Å². The third-order valence-electron chi connectivity index (χ3n) is 8.59. The zero-order valence-electron chi connectivity index (χ0n) is 28.7. The highest BCUT2D eigenvalue weighted by molar-refractivity contribution is 7.17. The predicted molar refractivity (Wildman–Crippen MR) is 206 cm³/mol. The summed E-state index contributed by atoms with van der Waals surface area (Å²) < 4.78 is 31.4. The van der Waals surface area contributed by atoms with Crippen molar-refractivity contribution in [1.29, 1.82) is 0 Å². The van der Waals surface area contributed by atoms with Crippen LogP contribution in [0.4, 0.5) is 8.78 Å². The Balaban J connectivity index is 0.000000171. The molecule has 8 rings (SSSR count). The summed E-state index contributed by atoms with van der Waals surface area (Å²) in [7, 11) is 3.98. The molecule has 0 unspecified atom stereocenters. The van der Waals surface area contributed by atoms with Crippen molar-refractivity contribution in [2.75, 3.05) is 27.2 Å². The highest BCUT2D eigenvalue weighted by Crippen LogP contribution is 2.34. The molecule has 2 N–H and O–H groups in total. The summed E-state index contributed by atoms with van der Waals surface area (Å²) in [6, 6.07) is 22.0. The number of hydrogen-bond donors (Lipinski definition) is 2. The number of carbonyl (C=O) groups is 2. The third kappa shape index (κ3) is 6.99. The van der Waals surface area contributed by atoms with Crippen molar-refractivity contribution in [2.24, 2.45) is 0 Å². The van der Waals surface area contributed by atoms with Gasteiger partial charge in [-0.3, -0.25) is 14.4 Å². The molecule has 15 heteroatoms. The van der Waals surface area contributed by atoms with E-state index >= 15 is 0 Å². The summed E-state index contributed by atoms with van der Waals surface area (Å²) in [5.74, 6) is -1.89. The van der Waals surface area contributed by atoms with Gasteiger partial charge in [0.05, 0.1) is 37.5 Å². The van der Waals surface area contributed by atoms with Crippen LogP contribution in [0.25, 0.3) is 54.1 Å². The first kappa shape index (κ1) is 36.2. The van der Waals surface area contributed by atoms with Crippen LogP contribution in [0.3, 0.4) is 0 Å². The number of halogens is 2. The number of nitrogens with zero attached hydrogens (tertiary/aromatic N) is 5. The van der Waals surface area contributed by atoms with Gasteiger partial charge >= 0.3 is 5.97 Å². The normalized spacial score (nSPS) is 11.4. The van der Waals surface area contributed by atoms with Crippen LogP contribution < -0.4 is 16.4 Å². The van der Waals surface area contributed by atoms with E-state index in [1.54, 1.807) is 59.3 Å². The summed E-state index contributed by atoms with van der Waals surface area (Å²) in [4.78, 5) is 50.7. The second kappa shape index (κ2) is 15.1. The lowest BCUT2D eigenvalue weighted by Gasteiger charge is -2.10. The Labute approximate surface area is 313 Å². The Kier molecular flexibility index (Phi) is 10.1. The van der Waals surface area contributed by atoms with Crippen molar-refractivity contribution < 1.29 is 23.5 Å². The zero-order chi connectivity index (χ0) is 38.1. The van der Waals surface area contributed by atoms with E-state index in [4.69, 9.17) is 5.11 Å². The molecule has 1 amide bonds. The quantitative estimate of drug-likeness (QED) is 0.162. The molecule has 4 aliphatic rings. The highest BCUT2D eigenvalue weighted by atomic mass is 32.1. The van der Waals surface area contributed by atoms with E-state index < -0.39 is 5.97 Å². The fourth-order valence-electron chi connectivity index (χ4n) is 5.85. The minimum absolute atomic E-state index is 0.123. The van der Waals surface area contributed by atoms with E-state index in [2.05, 4.69) is 20.4 Å². The molecule has 0 atom stereocenters. The summed E-state index contributed by atoms with van der Waals surface area (Å²) in [5, 5.41) is 25.0.